The zero-order valence-corrected chi connectivity index (χ0v) is 12.8. The average molecular weight is 266 g/mol. The van der Waals surface area contributed by atoms with E-state index in [4.69, 9.17) is 4.74 Å². The fourth-order valence-corrected chi connectivity index (χ4v) is 3.56. The van der Waals surface area contributed by atoms with E-state index in [-0.39, 0.29) is 0 Å². The third-order valence-corrected chi connectivity index (χ3v) is 4.86. The van der Waals surface area contributed by atoms with Crippen molar-refractivity contribution in [2.45, 2.75) is 57.1 Å². The molecule has 0 amide bonds. The van der Waals surface area contributed by atoms with Crippen LogP contribution >= 0.6 is 0 Å². The van der Waals surface area contributed by atoms with Crippen LogP contribution in [0, 0.1) is 5.92 Å². The fraction of sp³-hybridized carbons (Fsp3) is 0.875. The molecule has 19 heavy (non-hydrogen) atoms. The van der Waals surface area contributed by atoms with Crippen LogP contribution in [0.5, 0.6) is 0 Å². The van der Waals surface area contributed by atoms with E-state index in [9.17, 15) is 0 Å². The first-order valence-electron chi connectivity index (χ1n) is 7.81. The highest BCUT2D eigenvalue weighted by Crippen LogP contribution is 2.35. The van der Waals surface area contributed by atoms with Crippen LogP contribution in [0.1, 0.15) is 45.4 Å². The number of allylic oxidation sites excluding steroid dienone is 1. The maximum absolute atomic E-state index is 5.63. The molecule has 1 aliphatic heterocycles. The molecule has 2 rings (SSSR count). The molecule has 2 aliphatic rings. The number of rotatable bonds is 5. The molecule has 3 unspecified atom stereocenters. The second kappa shape index (κ2) is 6.76. The highest BCUT2D eigenvalue weighted by Gasteiger charge is 2.36. The molecule has 0 radical (unpaired) electrons. The summed E-state index contributed by atoms with van der Waals surface area (Å²) in [5.74, 6) is 0.854. The van der Waals surface area contributed by atoms with Gasteiger partial charge in [0.05, 0.1) is 6.26 Å². The average Bonchev–Trinajstić information content (AvgIpc) is 2.40. The molecule has 1 heterocycles. The van der Waals surface area contributed by atoms with Gasteiger partial charge in [-0.1, -0.05) is 19.8 Å². The van der Waals surface area contributed by atoms with E-state index in [1.807, 2.05) is 6.26 Å². The summed E-state index contributed by atoms with van der Waals surface area (Å²) in [5.41, 5.74) is 0.349. The summed E-state index contributed by atoms with van der Waals surface area (Å²) in [6.45, 7) is 4.47. The van der Waals surface area contributed by atoms with E-state index in [2.05, 4.69) is 37.3 Å². The zero-order chi connectivity index (χ0) is 13.7. The lowest BCUT2D eigenvalue weighted by Gasteiger charge is -2.45. The molecule has 0 aromatic rings. The summed E-state index contributed by atoms with van der Waals surface area (Å²) in [6.07, 6.45) is 12.0. The van der Waals surface area contributed by atoms with Gasteiger partial charge in [-0.3, -0.25) is 0 Å². The van der Waals surface area contributed by atoms with E-state index in [1.165, 1.54) is 25.7 Å². The third kappa shape index (κ3) is 3.96. The standard InChI is InChI=1S/C16H30N2O/c1-14-7-6-9-16(11-14,18(2)3)13-17-12-15-8-4-5-10-19-15/h5,10,14-15,17H,4,6-9,11-13H2,1-3H3. The van der Waals surface area contributed by atoms with Gasteiger partial charge in [-0.25, -0.2) is 0 Å². The van der Waals surface area contributed by atoms with Crippen LogP contribution in [0.25, 0.3) is 0 Å². The molecule has 1 N–H and O–H groups in total. The van der Waals surface area contributed by atoms with Gasteiger partial charge in [0.25, 0.3) is 0 Å². The highest BCUT2D eigenvalue weighted by molar-refractivity contribution is 4.95. The van der Waals surface area contributed by atoms with Crippen molar-refractivity contribution in [1.82, 2.24) is 10.2 Å². The monoisotopic (exact) mass is 266 g/mol. The molecule has 0 aromatic heterocycles. The maximum atomic E-state index is 5.63. The Morgan fingerprint density at radius 1 is 1.37 bits per heavy atom. The lowest BCUT2D eigenvalue weighted by Crippen LogP contribution is -2.55. The summed E-state index contributed by atoms with van der Waals surface area (Å²) < 4.78 is 5.63. The van der Waals surface area contributed by atoms with E-state index in [0.717, 1.165) is 31.8 Å². The van der Waals surface area contributed by atoms with Crippen LogP contribution in [-0.4, -0.2) is 43.7 Å². The lowest BCUT2D eigenvalue weighted by molar-refractivity contribution is 0.0662. The molecular weight excluding hydrogens is 236 g/mol. The Morgan fingerprint density at radius 3 is 2.84 bits per heavy atom. The lowest BCUT2D eigenvalue weighted by atomic mass is 9.75. The first-order chi connectivity index (χ1) is 9.12. The van der Waals surface area contributed by atoms with Gasteiger partial charge in [-0.15, -0.1) is 0 Å². The predicted octanol–water partition coefficient (Wildman–Crippen LogP) is 2.78. The van der Waals surface area contributed by atoms with Gasteiger partial charge in [-0.05, 0) is 51.8 Å². The van der Waals surface area contributed by atoms with Gasteiger partial charge in [0.2, 0.25) is 0 Å². The number of nitrogens with one attached hydrogen (secondary N) is 1. The molecule has 3 atom stereocenters. The number of likely N-dealkylation sites (N-methyl/N-ethyl adjacent to an activating group) is 1. The zero-order valence-electron chi connectivity index (χ0n) is 12.8. The predicted molar refractivity (Wildman–Crippen MR) is 80.2 cm³/mol. The fourth-order valence-electron chi connectivity index (χ4n) is 3.56. The summed E-state index contributed by atoms with van der Waals surface area (Å²) in [7, 11) is 4.47. The second-order valence-corrected chi connectivity index (χ2v) is 6.66. The minimum Gasteiger partial charge on any atom is -0.497 e. The first-order valence-corrected chi connectivity index (χ1v) is 7.81. The van der Waals surface area contributed by atoms with E-state index < -0.39 is 0 Å². The normalized spacial score (nSPS) is 35.4. The smallest absolute Gasteiger partial charge is 0.110 e. The van der Waals surface area contributed by atoms with E-state index in [1.54, 1.807) is 0 Å². The van der Waals surface area contributed by atoms with Crippen LogP contribution in [0.4, 0.5) is 0 Å². The molecule has 3 nitrogen and oxygen atoms in total. The Kier molecular flexibility index (Phi) is 5.28. The molecule has 0 spiro atoms. The van der Waals surface area contributed by atoms with Crippen molar-refractivity contribution < 1.29 is 4.74 Å². The summed E-state index contributed by atoms with van der Waals surface area (Å²) in [6, 6.07) is 0. The largest absolute Gasteiger partial charge is 0.497 e. The number of hydrogen-bond acceptors (Lipinski definition) is 3. The van der Waals surface area contributed by atoms with Crippen molar-refractivity contribution in [3.8, 4) is 0 Å². The van der Waals surface area contributed by atoms with E-state index >= 15 is 0 Å². The van der Waals surface area contributed by atoms with Gasteiger partial charge in [0, 0.05) is 18.6 Å². The van der Waals surface area contributed by atoms with Crippen LogP contribution in [-0.2, 0) is 4.74 Å². The molecule has 0 bridgehead atoms. The Hall–Kier alpha value is -0.540. The number of hydrogen-bond donors (Lipinski definition) is 1. The molecule has 110 valence electrons. The van der Waals surface area contributed by atoms with Gasteiger partial charge in [0.1, 0.15) is 6.10 Å². The summed E-state index contributed by atoms with van der Waals surface area (Å²) >= 11 is 0. The number of ether oxygens (including phenoxy) is 1. The highest BCUT2D eigenvalue weighted by atomic mass is 16.5. The Labute approximate surface area is 118 Å². The minimum absolute atomic E-state index is 0.349. The van der Waals surface area contributed by atoms with Gasteiger partial charge in [0.15, 0.2) is 0 Å². The third-order valence-electron chi connectivity index (χ3n) is 4.86. The van der Waals surface area contributed by atoms with E-state index in [0.29, 0.717) is 11.6 Å². The Bertz CT molecular complexity index is 303. The van der Waals surface area contributed by atoms with Crippen molar-refractivity contribution in [1.29, 1.82) is 0 Å². The Balaban J connectivity index is 1.81. The first kappa shape index (κ1) is 14.9. The molecule has 3 heteroatoms. The van der Waals surface area contributed by atoms with Crippen molar-refractivity contribution >= 4 is 0 Å². The van der Waals surface area contributed by atoms with Crippen LogP contribution in [0.2, 0.25) is 0 Å². The molecule has 0 saturated heterocycles. The van der Waals surface area contributed by atoms with Crippen LogP contribution in [0.3, 0.4) is 0 Å². The minimum atomic E-state index is 0.349. The molecule has 1 fully saturated rings. The topological polar surface area (TPSA) is 24.5 Å². The molecule has 1 aliphatic carbocycles. The van der Waals surface area contributed by atoms with Crippen LogP contribution in [0.15, 0.2) is 12.3 Å². The van der Waals surface area contributed by atoms with Crippen molar-refractivity contribution in [2.75, 3.05) is 27.2 Å². The quantitative estimate of drug-likeness (QED) is 0.828. The summed E-state index contributed by atoms with van der Waals surface area (Å²) in [5, 5.41) is 3.67. The molecule has 0 aromatic carbocycles. The SMILES string of the molecule is CC1CCCC(CNCC2CCC=CO2)(N(C)C)C1. The molecule has 1 saturated carbocycles. The molecular formula is C16H30N2O. The van der Waals surface area contributed by atoms with Crippen LogP contribution < -0.4 is 5.32 Å². The van der Waals surface area contributed by atoms with Crippen molar-refractivity contribution in [2.24, 2.45) is 5.92 Å². The van der Waals surface area contributed by atoms with Crippen molar-refractivity contribution in [3.63, 3.8) is 0 Å². The second-order valence-electron chi connectivity index (χ2n) is 6.66. The van der Waals surface area contributed by atoms with Gasteiger partial charge < -0.3 is 15.0 Å². The maximum Gasteiger partial charge on any atom is 0.110 e. The number of nitrogens with zero attached hydrogens (tertiary/aromatic N) is 1. The van der Waals surface area contributed by atoms with Gasteiger partial charge >= 0.3 is 0 Å². The Morgan fingerprint density at radius 2 is 2.21 bits per heavy atom. The van der Waals surface area contributed by atoms with Gasteiger partial charge in [-0.2, -0.15) is 0 Å². The van der Waals surface area contributed by atoms with Crippen molar-refractivity contribution in [3.05, 3.63) is 12.3 Å². The summed E-state index contributed by atoms with van der Waals surface area (Å²) in [4.78, 5) is 2.44.